The molecule has 1 amide bonds. The Bertz CT molecular complexity index is 735. The Morgan fingerprint density at radius 1 is 1.42 bits per heavy atom. The van der Waals surface area contributed by atoms with E-state index in [1.54, 1.807) is 10.7 Å². The summed E-state index contributed by atoms with van der Waals surface area (Å²) in [6, 6.07) is 1.77. The molecule has 0 aliphatic carbocycles. The van der Waals surface area contributed by atoms with E-state index in [4.69, 9.17) is 4.42 Å². The zero-order valence-corrected chi connectivity index (χ0v) is 15.8. The second-order valence-electron chi connectivity index (χ2n) is 5.93. The van der Waals surface area contributed by atoms with E-state index in [1.165, 1.54) is 12.6 Å². The summed E-state index contributed by atoms with van der Waals surface area (Å²) in [5.41, 5.74) is 0.834. The molecule has 0 saturated heterocycles. The van der Waals surface area contributed by atoms with E-state index in [-0.39, 0.29) is 5.91 Å². The fraction of sp³-hybridized carbons (Fsp3) is 0.529. The molecular formula is C17H27N7O2. The van der Waals surface area contributed by atoms with Crippen molar-refractivity contribution in [1.82, 2.24) is 30.3 Å². The van der Waals surface area contributed by atoms with Crippen molar-refractivity contribution < 1.29 is 9.21 Å². The van der Waals surface area contributed by atoms with Crippen LogP contribution < -0.4 is 10.6 Å². The minimum absolute atomic E-state index is 0.192. The second-order valence-corrected chi connectivity index (χ2v) is 5.93. The standard InChI is InChI=1S/C17H27N7O2/c1-5-18-17(23(3)11-14-21-12-22-24(14)4)20-9-6-8-19-16(25)15-13(2)7-10-26-15/h7,10,12H,5-6,8-9,11H2,1-4H3,(H,18,20)(H,19,25). The number of furan rings is 1. The molecule has 2 rings (SSSR count). The van der Waals surface area contributed by atoms with Gasteiger partial charge in [0.05, 0.1) is 12.8 Å². The molecule has 2 N–H and O–H groups in total. The summed E-state index contributed by atoms with van der Waals surface area (Å²) in [4.78, 5) is 22.8. The number of nitrogens with one attached hydrogen (secondary N) is 2. The van der Waals surface area contributed by atoms with Crippen molar-refractivity contribution in [2.24, 2.45) is 12.0 Å². The molecule has 0 bridgehead atoms. The van der Waals surface area contributed by atoms with Crippen molar-refractivity contribution in [3.8, 4) is 0 Å². The SMILES string of the molecule is CCNC(=NCCCNC(=O)c1occc1C)N(C)Cc1ncnn1C. The van der Waals surface area contributed by atoms with E-state index < -0.39 is 0 Å². The predicted molar refractivity (Wildman–Crippen MR) is 98.8 cm³/mol. The van der Waals surface area contributed by atoms with Gasteiger partial charge >= 0.3 is 0 Å². The molecule has 2 aromatic heterocycles. The van der Waals surface area contributed by atoms with E-state index >= 15 is 0 Å². The highest BCUT2D eigenvalue weighted by Gasteiger charge is 2.12. The fourth-order valence-electron chi connectivity index (χ4n) is 2.37. The number of aryl methyl sites for hydroxylation is 2. The minimum atomic E-state index is -0.192. The van der Waals surface area contributed by atoms with Gasteiger partial charge in [0, 0.05) is 39.3 Å². The van der Waals surface area contributed by atoms with Crippen molar-refractivity contribution in [1.29, 1.82) is 0 Å². The fourth-order valence-corrected chi connectivity index (χ4v) is 2.37. The Morgan fingerprint density at radius 2 is 2.23 bits per heavy atom. The van der Waals surface area contributed by atoms with Crippen LogP contribution in [0.3, 0.4) is 0 Å². The lowest BCUT2D eigenvalue weighted by molar-refractivity contribution is 0.0925. The first kappa shape index (κ1) is 19.5. The van der Waals surface area contributed by atoms with Crippen molar-refractivity contribution in [2.75, 3.05) is 26.7 Å². The molecule has 0 spiro atoms. The van der Waals surface area contributed by atoms with Crippen LogP contribution in [0, 0.1) is 6.92 Å². The number of rotatable bonds is 8. The van der Waals surface area contributed by atoms with Gasteiger partial charge in [0.15, 0.2) is 11.7 Å². The predicted octanol–water partition coefficient (Wildman–Crippen LogP) is 0.934. The molecule has 26 heavy (non-hydrogen) atoms. The molecule has 0 saturated carbocycles. The van der Waals surface area contributed by atoms with Gasteiger partial charge in [-0.25, -0.2) is 4.98 Å². The molecule has 142 valence electrons. The Balaban J connectivity index is 1.80. The monoisotopic (exact) mass is 361 g/mol. The Morgan fingerprint density at radius 3 is 2.85 bits per heavy atom. The molecule has 9 nitrogen and oxygen atoms in total. The highest BCUT2D eigenvalue weighted by molar-refractivity contribution is 5.92. The van der Waals surface area contributed by atoms with Gasteiger partial charge in [-0.1, -0.05) is 0 Å². The third-order valence-electron chi connectivity index (χ3n) is 3.83. The first-order chi connectivity index (χ1) is 12.5. The van der Waals surface area contributed by atoms with Gasteiger partial charge in [-0.15, -0.1) is 0 Å². The van der Waals surface area contributed by atoms with Gasteiger partial charge in [-0.3, -0.25) is 14.5 Å². The van der Waals surface area contributed by atoms with Gasteiger partial charge in [0.25, 0.3) is 5.91 Å². The topological polar surface area (TPSA) is 101 Å². The van der Waals surface area contributed by atoms with E-state index in [9.17, 15) is 4.79 Å². The maximum absolute atomic E-state index is 12.0. The van der Waals surface area contributed by atoms with E-state index in [0.717, 1.165) is 30.3 Å². The number of carbonyl (C=O) groups excluding carboxylic acids is 1. The maximum atomic E-state index is 12.0. The minimum Gasteiger partial charge on any atom is -0.459 e. The van der Waals surface area contributed by atoms with E-state index in [0.29, 0.717) is 25.4 Å². The second kappa shape index (κ2) is 9.59. The number of guanidine groups is 1. The highest BCUT2D eigenvalue weighted by atomic mass is 16.3. The van der Waals surface area contributed by atoms with Gasteiger partial charge in [0.2, 0.25) is 0 Å². The first-order valence-electron chi connectivity index (χ1n) is 8.67. The average Bonchev–Trinajstić information content (AvgIpc) is 3.22. The van der Waals surface area contributed by atoms with Gasteiger partial charge in [-0.05, 0) is 26.3 Å². The molecular weight excluding hydrogens is 334 g/mol. The summed E-state index contributed by atoms with van der Waals surface area (Å²) >= 11 is 0. The number of hydrogen-bond acceptors (Lipinski definition) is 5. The smallest absolute Gasteiger partial charge is 0.287 e. The summed E-state index contributed by atoms with van der Waals surface area (Å²) in [6.07, 6.45) is 3.79. The summed E-state index contributed by atoms with van der Waals surface area (Å²) in [7, 11) is 3.82. The van der Waals surface area contributed by atoms with Gasteiger partial charge in [-0.2, -0.15) is 5.10 Å². The van der Waals surface area contributed by atoms with Crippen LogP contribution >= 0.6 is 0 Å². The lowest BCUT2D eigenvalue weighted by Crippen LogP contribution is -2.39. The molecule has 2 aromatic rings. The Hall–Kier alpha value is -2.84. The molecule has 0 atom stereocenters. The lowest BCUT2D eigenvalue weighted by Gasteiger charge is -2.21. The largest absolute Gasteiger partial charge is 0.459 e. The summed E-state index contributed by atoms with van der Waals surface area (Å²) < 4.78 is 6.92. The van der Waals surface area contributed by atoms with Crippen LogP contribution in [0.2, 0.25) is 0 Å². The van der Waals surface area contributed by atoms with Gasteiger partial charge in [0.1, 0.15) is 12.2 Å². The molecule has 0 aliphatic heterocycles. The Labute approximate surface area is 153 Å². The lowest BCUT2D eigenvalue weighted by atomic mass is 10.2. The zero-order chi connectivity index (χ0) is 18.9. The van der Waals surface area contributed by atoms with Crippen molar-refractivity contribution in [3.05, 3.63) is 35.8 Å². The van der Waals surface area contributed by atoms with Crippen LogP contribution in [0.4, 0.5) is 0 Å². The number of hydrogen-bond donors (Lipinski definition) is 2. The molecule has 0 aromatic carbocycles. The molecule has 0 radical (unpaired) electrons. The van der Waals surface area contributed by atoms with Crippen LogP contribution in [-0.2, 0) is 13.6 Å². The molecule has 0 fully saturated rings. The maximum Gasteiger partial charge on any atom is 0.287 e. The van der Waals surface area contributed by atoms with Crippen molar-refractivity contribution in [3.63, 3.8) is 0 Å². The third-order valence-corrected chi connectivity index (χ3v) is 3.83. The van der Waals surface area contributed by atoms with Crippen LogP contribution in [-0.4, -0.2) is 58.2 Å². The van der Waals surface area contributed by atoms with Crippen LogP contribution in [0.15, 0.2) is 28.1 Å². The van der Waals surface area contributed by atoms with Crippen LogP contribution in [0.5, 0.6) is 0 Å². The number of carbonyl (C=O) groups is 1. The molecule has 0 aliphatic rings. The molecule has 2 heterocycles. The quantitative estimate of drug-likeness (QED) is 0.412. The van der Waals surface area contributed by atoms with Crippen LogP contribution in [0.1, 0.15) is 35.3 Å². The zero-order valence-electron chi connectivity index (χ0n) is 15.8. The van der Waals surface area contributed by atoms with E-state index in [2.05, 4.69) is 25.7 Å². The van der Waals surface area contributed by atoms with Crippen molar-refractivity contribution in [2.45, 2.75) is 26.8 Å². The number of amides is 1. The Kier molecular flexibility index (Phi) is 7.19. The van der Waals surface area contributed by atoms with Crippen LogP contribution in [0.25, 0.3) is 0 Å². The highest BCUT2D eigenvalue weighted by Crippen LogP contribution is 2.07. The third kappa shape index (κ3) is 5.33. The number of aromatic nitrogens is 3. The normalized spacial score (nSPS) is 11.5. The van der Waals surface area contributed by atoms with Crippen molar-refractivity contribution >= 4 is 11.9 Å². The average molecular weight is 361 g/mol. The number of nitrogens with zero attached hydrogens (tertiary/aromatic N) is 5. The number of aliphatic imine (C=N–C) groups is 1. The first-order valence-corrected chi connectivity index (χ1v) is 8.67. The molecule has 9 heteroatoms. The summed E-state index contributed by atoms with van der Waals surface area (Å²) in [5.74, 6) is 1.83. The van der Waals surface area contributed by atoms with E-state index in [1.807, 2.05) is 32.8 Å². The van der Waals surface area contributed by atoms with Gasteiger partial charge < -0.3 is 20.0 Å². The summed E-state index contributed by atoms with van der Waals surface area (Å²) in [5, 5.41) is 10.2. The molecule has 0 unspecified atom stereocenters. The summed E-state index contributed by atoms with van der Waals surface area (Å²) in [6.45, 7) is 6.39.